The Morgan fingerprint density at radius 1 is 0.821 bits per heavy atom. The number of aliphatic carboxylic acids is 1. The highest BCUT2D eigenvalue weighted by Gasteiger charge is 2.31. The zero-order chi connectivity index (χ0) is 41.9. The van der Waals surface area contributed by atoms with Gasteiger partial charge >= 0.3 is 35.8 Å². The number of hydrogen-bond donors (Lipinski definition) is 4. The van der Waals surface area contributed by atoms with Crippen LogP contribution in [0.15, 0.2) is 18.2 Å². The first-order valence-corrected chi connectivity index (χ1v) is 18.0. The second-order valence-corrected chi connectivity index (χ2v) is 12.8. The molecule has 0 saturated heterocycles. The Hall–Kier alpha value is -6.04. The van der Waals surface area contributed by atoms with Crippen molar-refractivity contribution >= 4 is 65.0 Å². The summed E-state index contributed by atoms with van der Waals surface area (Å²) in [7, 11) is 0. The van der Waals surface area contributed by atoms with Crippen molar-refractivity contribution in [2.45, 2.75) is 92.6 Å². The molecule has 56 heavy (non-hydrogen) atoms. The first kappa shape index (κ1) is 44.4. The van der Waals surface area contributed by atoms with Crippen LogP contribution < -0.4 is 15.4 Å². The number of ether oxygens (including phenoxy) is 5. The summed E-state index contributed by atoms with van der Waals surface area (Å²) >= 11 is 0. The lowest BCUT2D eigenvalue weighted by Crippen LogP contribution is -2.37. The number of esters is 5. The molecule has 1 aromatic carbocycles. The van der Waals surface area contributed by atoms with Crippen molar-refractivity contribution in [1.29, 1.82) is 0 Å². The molecule has 4 atom stereocenters. The molecule has 4 N–H and O–H groups in total. The molecule has 2 aromatic rings. The molecule has 0 aliphatic carbocycles. The number of nitrogens with zero attached hydrogens (tertiary/aromatic N) is 1. The van der Waals surface area contributed by atoms with Crippen LogP contribution in [0.1, 0.15) is 87.3 Å². The predicted molar refractivity (Wildman–Crippen MR) is 198 cm³/mol. The van der Waals surface area contributed by atoms with Crippen molar-refractivity contribution in [3.05, 3.63) is 46.3 Å². The number of carboxylic acid groups (broad SMARTS) is 1. The van der Waals surface area contributed by atoms with Crippen molar-refractivity contribution in [1.82, 2.24) is 15.2 Å². The standard InChI is InChI=1S/C38H48N4O14/c1-9-42(10-2)16-15-39-34(46)32-19(3)29(40-20(32)4)18-27-26-17-25(11-12-28(26)41-33(27)45)56-31(44)14-13-30(43)52-22(6)36(49)54-24(8)38(51)55-23(7)37(50)53-21(5)35(47)48/h11-12,17-18,21-24,40H,9-10,13-16H2,1-8H3,(H,39,46)(H,41,45)(H,47,48)/b27-18-/t21-,22-,23-,24-/m0/s1. The van der Waals surface area contributed by atoms with Crippen LogP contribution in [-0.2, 0) is 52.5 Å². The number of carbonyl (C=O) groups excluding carboxylic acids is 7. The normalized spacial score (nSPS) is 14.8. The third-order valence-corrected chi connectivity index (χ3v) is 8.67. The van der Waals surface area contributed by atoms with Crippen LogP contribution in [0.4, 0.5) is 5.69 Å². The Labute approximate surface area is 323 Å². The molecule has 1 aliphatic rings. The van der Waals surface area contributed by atoms with Crippen molar-refractivity contribution in [3.8, 4) is 5.75 Å². The number of nitrogens with one attached hydrogen (secondary N) is 3. The summed E-state index contributed by atoms with van der Waals surface area (Å²) in [5.74, 6) is -7.11. The first-order chi connectivity index (χ1) is 26.4. The number of H-pyrrole nitrogens is 1. The van der Waals surface area contributed by atoms with Gasteiger partial charge in [-0.15, -0.1) is 0 Å². The largest absolute Gasteiger partial charge is 0.479 e. The Morgan fingerprint density at radius 2 is 1.38 bits per heavy atom. The fraction of sp³-hybridized carbons (Fsp3) is 0.474. The number of benzene rings is 1. The zero-order valence-electron chi connectivity index (χ0n) is 32.6. The Balaban J connectivity index is 1.54. The number of rotatable bonds is 19. The number of fused-ring (bicyclic) bond motifs is 1. The smallest absolute Gasteiger partial charge is 0.347 e. The summed E-state index contributed by atoms with van der Waals surface area (Å²) in [5, 5.41) is 14.5. The topological polar surface area (TPSA) is 246 Å². The summed E-state index contributed by atoms with van der Waals surface area (Å²) < 4.78 is 24.8. The number of anilines is 1. The van der Waals surface area contributed by atoms with E-state index in [0.29, 0.717) is 46.9 Å². The van der Waals surface area contributed by atoms with Crippen molar-refractivity contribution in [3.63, 3.8) is 0 Å². The number of likely N-dealkylation sites (N-methyl/N-ethyl adjacent to an activating group) is 1. The van der Waals surface area contributed by atoms with Gasteiger partial charge in [0.2, 0.25) is 0 Å². The molecule has 0 unspecified atom stereocenters. The van der Waals surface area contributed by atoms with Crippen LogP contribution >= 0.6 is 0 Å². The van der Waals surface area contributed by atoms with Crippen LogP contribution in [0, 0.1) is 13.8 Å². The van der Waals surface area contributed by atoms with Crippen LogP contribution in [0.3, 0.4) is 0 Å². The monoisotopic (exact) mass is 784 g/mol. The number of hydrogen-bond acceptors (Lipinski definition) is 14. The molecule has 0 bridgehead atoms. The summed E-state index contributed by atoms with van der Waals surface area (Å²) in [6.45, 7) is 15.2. The van der Waals surface area contributed by atoms with Gasteiger partial charge in [-0.05, 0) is 84.5 Å². The van der Waals surface area contributed by atoms with Crippen molar-refractivity contribution in [2.24, 2.45) is 0 Å². The Kier molecular flexibility index (Phi) is 15.9. The quantitative estimate of drug-likeness (QED) is 0.0692. The van der Waals surface area contributed by atoms with Crippen LogP contribution in [-0.4, -0.2) is 113 Å². The second-order valence-electron chi connectivity index (χ2n) is 12.8. The molecule has 1 aromatic heterocycles. The maximum absolute atomic E-state index is 13.0. The third-order valence-electron chi connectivity index (χ3n) is 8.67. The summed E-state index contributed by atoms with van der Waals surface area (Å²) in [4.78, 5) is 104. The van der Waals surface area contributed by atoms with E-state index in [-0.39, 0.29) is 17.2 Å². The van der Waals surface area contributed by atoms with E-state index in [1.807, 2.05) is 0 Å². The van der Waals surface area contributed by atoms with E-state index in [1.54, 1.807) is 26.0 Å². The number of carbonyl (C=O) groups is 8. The zero-order valence-corrected chi connectivity index (χ0v) is 32.6. The minimum atomic E-state index is -1.54. The van der Waals surface area contributed by atoms with Crippen LogP contribution in [0.25, 0.3) is 11.6 Å². The maximum Gasteiger partial charge on any atom is 0.347 e. The fourth-order valence-corrected chi connectivity index (χ4v) is 5.38. The molecule has 2 heterocycles. The van der Waals surface area contributed by atoms with E-state index >= 15 is 0 Å². The lowest BCUT2D eigenvalue weighted by atomic mass is 10.0. The maximum atomic E-state index is 13.0. The number of aromatic nitrogens is 1. The summed E-state index contributed by atoms with van der Waals surface area (Å²) in [6.07, 6.45) is -5.30. The lowest BCUT2D eigenvalue weighted by molar-refractivity contribution is -0.184. The molecule has 0 radical (unpaired) electrons. The van der Waals surface area contributed by atoms with Gasteiger partial charge < -0.3 is 49.3 Å². The van der Waals surface area contributed by atoms with E-state index < -0.39 is 79.0 Å². The first-order valence-electron chi connectivity index (χ1n) is 18.0. The number of aromatic amines is 1. The molecule has 1 aliphatic heterocycles. The minimum Gasteiger partial charge on any atom is -0.479 e. The van der Waals surface area contributed by atoms with Gasteiger partial charge in [-0.3, -0.25) is 19.2 Å². The third kappa shape index (κ3) is 12.0. The Morgan fingerprint density at radius 3 is 1.95 bits per heavy atom. The average Bonchev–Trinajstić information content (AvgIpc) is 3.60. The molecule has 2 amide bonds. The summed E-state index contributed by atoms with van der Waals surface area (Å²) in [6, 6.07) is 4.52. The molecular formula is C38H48N4O14. The van der Waals surface area contributed by atoms with Gasteiger partial charge in [-0.2, -0.15) is 0 Å². The molecule has 0 saturated carbocycles. The second kappa shape index (κ2) is 20.0. The van der Waals surface area contributed by atoms with Gasteiger partial charge in [0.15, 0.2) is 24.4 Å². The summed E-state index contributed by atoms with van der Waals surface area (Å²) in [5.41, 5.74) is 3.53. The fourth-order valence-electron chi connectivity index (χ4n) is 5.38. The number of carboxylic acids is 1. The Bertz CT molecular complexity index is 1880. The van der Waals surface area contributed by atoms with Gasteiger partial charge in [0.05, 0.1) is 24.0 Å². The molecular weight excluding hydrogens is 736 g/mol. The predicted octanol–water partition coefficient (Wildman–Crippen LogP) is 2.69. The highest BCUT2D eigenvalue weighted by molar-refractivity contribution is 6.35. The van der Waals surface area contributed by atoms with Gasteiger partial charge in [0, 0.05) is 35.7 Å². The van der Waals surface area contributed by atoms with Crippen LogP contribution in [0.2, 0.25) is 0 Å². The molecule has 3 rings (SSSR count). The molecule has 18 nitrogen and oxygen atoms in total. The molecule has 0 fully saturated rings. The minimum absolute atomic E-state index is 0.0916. The average molecular weight is 785 g/mol. The van der Waals surface area contributed by atoms with Crippen molar-refractivity contribution < 1.29 is 67.1 Å². The van der Waals surface area contributed by atoms with E-state index in [4.69, 9.17) is 24.1 Å². The van der Waals surface area contributed by atoms with Crippen LogP contribution in [0.5, 0.6) is 5.75 Å². The SMILES string of the molecule is CCN(CC)CCNC(=O)c1c(C)[nH]c(/C=C2\C(=O)Nc3ccc(OC(=O)CCC(=O)O[C@@H](C)C(=O)O[C@@H](C)C(=O)O[C@@H](C)C(=O)O[C@@H](C)C(=O)O)cc32)c1C. The van der Waals surface area contributed by atoms with Crippen molar-refractivity contribution in [2.75, 3.05) is 31.5 Å². The molecule has 18 heteroatoms. The van der Waals surface area contributed by atoms with Gasteiger partial charge in [0.1, 0.15) is 5.75 Å². The number of aryl methyl sites for hydroxylation is 1. The van der Waals surface area contributed by atoms with E-state index in [2.05, 4.69) is 39.1 Å². The molecule has 0 spiro atoms. The highest BCUT2D eigenvalue weighted by Crippen LogP contribution is 2.36. The van der Waals surface area contributed by atoms with E-state index in [1.165, 1.54) is 19.1 Å². The van der Waals surface area contributed by atoms with Gasteiger partial charge in [-0.25, -0.2) is 19.2 Å². The number of amides is 2. The lowest BCUT2D eigenvalue weighted by Gasteiger charge is -2.19. The van der Waals surface area contributed by atoms with E-state index in [9.17, 15) is 38.4 Å². The highest BCUT2D eigenvalue weighted by atomic mass is 16.6. The van der Waals surface area contributed by atoms with E-state index in [0.717, 1.165) is 33.9 Å². The van der Waals surface area contributed by atoms with Gasteiger partial charge in [0.25, 0.3) is 11.8 Å². The van der Waals surface area contributed by atoms with Gasteiger partial charge in [-0.1, -0.05) is 13.8 Å². The molecule has 304 valence electrons.